The Morgan fingerprint density at radius 3 is 2.60 bits per heavy atom. The van der Waals surface area contributed by atoms with E-state index in [2.05, 4.69) is 15.9 Å². The van der Waals surface area contributed by atoms with Gasteiger partial charge in [0.05, 0.1) is 13.2 Å². The molecule has 0 bridgehead atoms. The number of ether oxygens (including phenoxy) is 2. The summed E-state index contributed by atoms with van der Waals surface area (Å²) in [6.45, 7) is 2.31. The monoisotopic (exact) mass is 278 g/mol. The Bertz CT molecular complexity index is 147. The topological polar surface area (TPSA) is 18.5 Å². The minimum absolute atomic E-state index is 0.709. The van der Waals surface area contributed by atoms with Crippen molar-refractivity contribution >= 4 is 15.9 Å². The molecule has 0 aromatic heterocycles. The maximum absolute atomic E-state index is 5.44. The summed E-state index contributed by atoms with van der Waals surface area (Å²) in [7, 11) is 1.71. The van der Waals surface area contributed by atoms with E-state index in [4.69, 9.17) is 9.47 Å². The lowest BCUT2D eigenvalue weighted by molar-refractivity contribution is 0.0684. The molecule has 1 atom stereocenters. The van der Waals surface area contributed by atoms with Crippen LogP contribution in [0.1, 0.15) is 38.5 Å². The van der Waals surface area contributed by atoms with Gasteiger partial charge in [-0.15, -0.1) is 0 Å². The first kappa shape index (κ1) is 13.5. The molecule has 2 nitrogen and oxygen atoms in total. The lowest BCUT2D eigenvalue weighted by atomic mass is 10.0. The number of hydrogen-bond donors (Lipinski definition) is 0. The van der Waals surface area contributed by atoms with E-state index in [1.54, 1.807) is 7.11 Å². The average Bonchev–Trinajstić information content (AvgIpc) is 2.76. The third kappa shape index (κ3) is 5.88. The van der Waals surface area contributed by atoms with Gasteiger partial charge in [0.15, 0.2) is 0 Å². The highest BCUT2D eigenvalue weighted by atomic mass is 79.9. The van der Waals surface area contributed by atoms with Crippen LogP contribution >= 0.6 is 15.9 Å². The van der Waals surface area contributed by atoms with E-state index >= 15 is 0 Å². The minimum Gasteiger partial charge on any atom is -0.382 e. The Labute approximate surface area is 102 Å². The first-order valence-electron chi connectivity index (χ1n) is 6.05. The molecule has 1 aliphatic carbocycles. The molecule has 90 valence electrons. The van der Waals surface area contributed by atoms with E-state index < -0.39 is 0 Å². The molecule has 0 aromatic carbocycles. The van der Waals surface area contributed by atoms with Crippen LogP contribution in [-0.2, 0) is 9.47 Å². The smallest absolute Gasteiger partial charge is 0.0700 e. The molecule has 1 rings (SSSR count). The minimum atomic E-state index is 0.709. The number of hydrogen-bond acceptors (Lipinski definition) is 2. The molecular weight excluding hydrogens is 256 g/mol. The van der Waals surface area contributed by atoms with Gasteiger partial charge < -0.3 is 9.47 Å². The highest BCUT2D eigenvalue weighted by Crippen LogP contribution is 2.33. The van der Waals surface area contributed by atoms with Gasteiger partial charge in [0.25, 0.3) is 0 Å². The standard InChI is InChI=1S/C12H23BrO2/c1-14-9-10-15-8-4-7-12(13)11-5-2-3-6-11/h11-12H,2-10H2,1H3. The van der Waals surface area contributed by atoms with Crippen molar-refractivity contribution in [3.63, 3.8) is 0 Å². The second kappa shape index (κ2) is 8.54. The molecule has 0 saturated heterocycles. The van der Waals surface area contributed by atoms with Gasteiger partial charge in [-0.2, -0.15) is 0 Å². The molecule has 0 heterocycles. The van der Waals surface area contributed by atoms with Crippen molar-refractivity contribution in [3.8, 4) is 0 Å². The summed E-state index contributed by atoms with van der Waals surface area (Å²) in [6, 6.07) is 0. The van der Waals surface area contributed by atoms with Crippen molar-refractivity contribution in [1.82, 2.24) is 0 Å². The molecule has 1 fully saturated rings. The Kier molecular flexibility index (Phi) is 7.67. The molecule has 3 heteroatoms. The van der Waals surface area contributed by atoms with Crippen LogP contribution in [0.3, 0.4) is 0 Å². The molecular formula is C12H23BrO2. The molecule has 1 saturated carbocycles. The van der Waals surface area contributed by atoms with E-state index in [1.165, 1.54) is 32.1 Å². The summed E-state index contributed by atoms with van der Waals surface area (Å²) in [5.74, 6) is 0.920. The van der Waals surface area contributed by atoms with E-state index in [0.717, 1.165) is 25.6 Å². The zero-order chi connectivity index (χ0) is 10.9. The SMILES string of the molecule is COCCOCCCC(Br)C1CCCC1. The van der Waals surface area contributed by atoms with Crippen molar-refractivity contribution < 1.29 is 9.47 Å². The highest BCUT2D eigenvalue weighted by molar-refractivity contribution is 9.09. The zero-order valence-electron chi connectivity index (χ0n) is 9.71. The van der Waals surface area contributed by atoms with Crippen LogP contribution in [0.4, 0.5) is 0 Å². The molecule has 0 spiro atoms. The van der Waals surface area contributed by atoms with Gasteiger partial charge in [0, 0.05) is 18.5 Å². The van der Waals surface area contributed by atoms with Crippen molar-refractivity contribution in [3.05, 3.63) is 0 Å². The molecule has 0 amide bonds. The van der Waals surface area contributed by atoms with Crippen molar-refractivity contribution in [1.29, 1.82) is 0 Å². The van der Waals surface area contributed by atoms with Crippen LogP contribution in [0.25, 0.3) is 0 Å². The van der Waals surface area contributed by atoms with Crippen LogP contribution in [0.5, 0.6) is 0 Å². The maximum atomic E-state index is 5.44. The Balaban J connectivity index is 1.90. The Hall–Kier alpha value is 0.400. The predicted octanol–water partition coefficient (Wildman–Crippen LogP) is 3.38. The fourth-order valence-electron chi connectivity index (χ4n) is 2.18. The third-order valence-electron chi connectivity index (χ3n) is 3.11. The molecule has 15 heavy (non-hydrogen) atoms. The summed E-state index contributed by atoms with van der Waals surface area (Å²) >= 11 is 3.81. The molecule has 1 unspecified atom stereocenters. The average molecular weight is 279 g/mol. The first-order valence-corrected chi connectivity index (χ1v) is 6.97. The first-order chi connectivity index (χ1) is 7.34. The van der Waals surface area contributed by atoms with Gasteiger partial charge in [-0.05, 0) is 31.6 Å². The van der Waals surface area contributed by atoms with Crippen LogP contribution in [0.15, 0.2) is 0 Å². The number of rotatable bonds is 8. The fourth-order valence-corrected chi connectivity index (χ4v) is 3.03. The van der Waals surface area contributed by atoms with E-state index in [0.29, 0.717) is 11.4 Å². The third-order valence-corrected chi connectivity index (χ3v) is 4.32. The normalized spacial score (nSPS) is 19.6. The van der Waals surface area contributed by atoms with E-state index in [1.807, 2.05) is 0 Å². The second-order valence-electron chi connectivity index (χ2n) is 4.31. The van der Waals surface area contributed by atoms with E-state index in [9.17, 15) is 0 Å². The van der Waals surface area contributed by atoms with Gasteiger partial charge >= 0.3 is 0 Å². The summed E-state index contributed by atoms with van der Waals surface area (Å²) < 4.78 is 10.4. The van der Waals surface area contributed by atoms with Crippen molar-refractivity contribution in [2.24, 2.45) is 5.92 Å². The van der Waals surface area contributed by atoms with Crippen LogP contribution in [0, 0.1) is 5.92 Å². The van der Waals surface area contributed by atoms with Crippen molar-refractivity contribution in [2.45, 2.75) is 43.4 Å². The van der Waals surface area contributed by atoms with Gasteiger partial charge in [0.1, 0.15) is 0 Å². The summed E-state index contributed by atoms with van der Waals surface area (Å²) in [6.07, 6.45) is 8.10. The second-order valence-corrected chi connectivity index (χ2v) is 5.48. The molecule has 0 aliphatic heterocycles. The van der Waals surface area contributed by atoms with Crippen LogP contribution < -0.4 is 0 Å². The van der Waals surface area contributed by atoms with Crippen LogP contribution in [0.2, 0.25) is 0 Å². The van der Waals surface area contributed by atoms with Gasteiger partial charge in [-0.3, -0.25) is 0 Å². The van der Waals surface area contributed by atoms with Gasteiger partial charge in [0.2, 0.25) is 0 Å². The number of methoxy groups -OCH3 is 1. The Morgan fingerprint density at radius 2 is 1.93 bits per heavy atom. The summed E-state index contributed by atoms with van der Waals surface area (Å²) in [5, 5.41) is 0. The largest absolute Gasteiger partial charge is 0.382 e. The summed E-state index contributed by atoms with van der Waals surface area (Å²) in [4.78, 5) is 0.714. The highest BCUT2D eigenvalue weighted by Gasteiger charge is 2.22. The Morgan fingerprint density at radius 1 is 1.20 bits per heavy atom. The molecule has 1 aliphatic rings. The van der Waals surface area contributed by atoms with Gasteiger partial charge in [-0.25, -0.2) is 0 Å². The quantitative estimate of drug-likeness (QED) is 0.501. The lowest BCUT2D eigenvalue weighted by Crippen LogP contribution is -2.12. The van der Waals surface area contributed by atoms with Gasteiger partial charge in [-0.1, -0.05) is 28.8 Å². The number of alkyl halides is 1. The van der Waals surface area contributed by atoms with E-state index in [-0.39, 0.29) is 0 Å². The number of halogens is 1. The zero-order valence-corrected chi connectivity index (χ0v) is 11.3. The van der Waals surface area contributed by atoms with Crippen LogP contribution in [-0.4, -0.2) is 31.8 Å². The van der Waals surface area contributed by atoms with Crippen molar-refractivity contribution in [2.75, 3.05) is 26.9 Å². The maximum Gasteiger partial charge on any atom is 0.0700 e. The molecule has 0 aromatic rings. The molecule has 0 N–H and O–H groups in total. The predicted molar refractivity (Wildman–Crippen MR) is 66.6 cm³/mol. The fraction of sp³-hybridized carbons (Fsp3) is 1.00. The molecule has 0 radical (unpaired) electrons. The lowest BCUT2D eigenvalue weighted by Gasteiger charge is -2.16. The summed E-state index contributed by atoms with van der Waals surface area (Å²) in [5.41, 5.74) is 0.